The highest BCUT2D eigenvalue weighted by atomic mass is 16.5. The first-order valence-electron chi connectivity index (χ1n) is 8.64. The first kappa shape index (κ1) is 19.6. The molecule has 0 fully saturated rings. The third-order valence-corrected chi connectivity index (χ3v) is 4.42. The van der Waals surface area contributed by atoms with E-state index in [1.807, 2.05) is 18.3 Å². The maximum Gasteiger partial charge on any atom is 0.328 e. The standard InChI is InChI=1S/C20H27N3O3/c1-13-9-14(2)18(15(3)10-13)12-23-8-6-7-17(23)11-21-20(25)22-16(4)19(24)26-5/h6-10,16H,11-12H2,1-5H3,(H2,21,22,25). The van der Waals surface area contributed by atoms with E-state index in [9.17, 15) is 9.59 Å². The molecule has 1 heterocycles. The largest absolute Gasteiger partial charge is 0.467 e. The van der Waals surface area contributed by atoms with Gasteiger partial charge in [0, 0.05) is 18.4 Å². The first-order valence-corrected chi connectivity index (χ1v) is 8.64. The molecule has 1 unspecified atom stereocenters. The van der Waals surface area contributed by atoms with Crippen LogP contribution in [-0.2, 0) is 22.6 Å². The summed E-state index contributed by atoms with van der Waals surface area (Å²) in [7, 11) is 1.29. The molecule has 0 spiro atoms. The van der Waals surface area contributed by atoms with Gasteiger partial charge < -0.3 is 19.9 Å². The highest BCUT2D eigenvalue weighted by Gasteiger charge is 2.15. The summed E-state index contributed by atoms with van der Waals surface area (Å²) in [5.41, 5.74) is 6.07. The molecule has 2 rings (SSSR count). The zero-order valence-corrected chi connectivity index (χ0v) is 16.1. The van der Waals surface area contributed by atoms with Crippen molar-refractivity contribution in [1.29, 1.82) is 0 Å². The number of carbonyl (C=O) groups excluding carboxylic acids is 2. The molecule has 1 aromatic heterocycles. The summed E-state index contributed by atoms with van der Waals surface area (Å²) in [4.78, 5) is 23.3. The molecule has 2 amide bonds. The molecule has 2 N–H and O–H groups in total. The Bertz CT molecular complexity index is 772. The lowest BCUT2D eigenvalue weighted by Gasteiger charge is -2.16. The van der Waals surface area contributed by atoms with Crippen LogP contribution in [0.15, 0.2) is 30.5 Å². The number of hydrogen-bond donors (Lipinski definition) is 2. The molecule has 0 bridgehead atoms. The Morgan fingerprint density at radius 1 is 1.19 bits per heavy atom. The minimum Gasteiger partial charge on any atom is -0.467 e. The van der Waals surface area contributed by atoms with Crippen molar-refractivity contribution in [3.05, 3.63) is 58.4 Å². The summed E-state index contributed by atoms with van der Waals surface area (Å²) in [6, 6.07) is 7.22. The fraction of sp³-hybridized carbons (Fsp3) is 0.400. The molecule has 0 aliphatic rings. The smallest absolute Gasteiger partial charge is 0.328 e. The number of rotatable bonds is 6. The Kier molecular flexibility index (Phi) is 6.44. The van der Waals surface area contributed by atoms with Crippen LogP contribution < -0.4 is 10.6 Å². The van der Waals surface area contributed by atoms with E-state index in [0.29, 0.717) is 6.54 Å². The van der Waals surface area contributed by atoms with Crippen LogP contribution in [0, 0.1) is 20.8 Å². The molecule has 0 saturated heterocycles. The SMILES string of the molecule is COC(=O)C(C)NC(=O)NCc1cccn1Cc1c(C)cc(C)cc1C. The van der Waals surface area contributed by atoms with Gasteiger partial charge in [-0.25, -0.2) is 9.59 Å². The fourth-order valence-corrected chi connectivity index (χ4v) is 3.05. The minimum absolute atomic E-state index is 0.372. The van der Waals surface area contributed by atoms with Crippen molar-refractivity contribution in [3.63, 3.8) is 0 Å². The maximum atomic E-state index is 11.9. The summed E-state index contributed by atoms with van der Waals surface area (Å²) in [6.07, 6.45) is 2.00. The molecule has 0 saturated carbocycles. The van der Waals surface area contributed by atoms with E-state index in [-0.39, 0.29) is 0 Å². The molecule has 6 nitrogen and oxygen atoms in total. The van der Waals surface area contributed by atoms with Gasteiger partial charge in [0.05, 0.1) is 13.7 Å². The van der Waals surface area contributed by atoms with Gasteiger partial charge in [-0.2, -0.15) is 0 Å². The summed E-state index contributed by atoms with van der Waals surface area (Å²) in [6.45, 7) is 9.05. The van der Waals surface area contributed by atoms with E-state index in [2.05, 4.69) is 52.8 Å². The zero-order chi connectivity index (χ0) is 19.3. The Hall–Kier alpha value is -2.76. The number of aromatic nitrogens is 1. The zero-order valence-electron chi connectivity index (χ0n) is 16.1. The number of methoxy groups -OCH3 is 1. The predicted octanol–water partition coefficient (Wildman–Crippen LogP) is 2.82. The summed E-state index contributed by atoms with van der Waals surface area (Å²) in [5, 5.41) is 5.33. The second kappa shape index (κ2) is 8.56. The van der Waals surface area contributed by atoms with Gasteiger partial charge in [0.1, 0.15) is 6.04 Å². The molecule has 140 valence electrons. The molecule has 1 atom stereocenters. The molecule has 0 aliphatic carbocycles. The predicted molar refractivity (Wildman–Crippen MR) is 101 cm³/mol. The van der Waals surface area contributed by atoms with E-state index in [1.54, 1.807) is 6.92 Å². The molecule has 0 aliphatic heterocycles. The number of ether oxygens (including phenoxy) is 1. The Morgan fingerprint density at radius 3 is 2.46 bits per heavy atom. The monoisotopic (exact) mass is 357 g/mol. The van der Waals surface area contributed by atoms with E-state index in [4.69, 9.17) is 0 Å². The first-order chi connectivity index (χ1) is 12.3. The van der Waals surface area contributed by atoms with Crippen molar-refractivity contribution in [2.45, 2.75) is 46.8 Å². The third-order valence-electron chi connectivity index (χ3n) is 4.42. The molecular formula is C20H27N3O3. The van der Waals surface area contributed by atoms with Gasteiger partial charge in [-0.1, -0.05) is 17.7 Å². The summed E-state index contributed by atoms with van der Waals surface area (Å²) in [5.74, 6) is -0.478. The van der Waals surface area contributed by atoms with Crippen LogP contribution in [0.1, 0.15) is 34.9 Å². The van der Waals surface area contributed by atoms with Crippen molar-refractivity contribution in [1.82, 2.24) is 15.2 Å². The van der Waals surface area contributed by atoms with E-state index in [0.717, 1.165) is 12.2 Å². The summed E-state index contributed by atoms with van der Waals surface area (Å²) >= 11 is 0. The third kappa shape index (κ3) is 4.88. The molecule has 6 heteroatoms. The molecular weight excluding hydrogens is 330 g/mol. The van der Waals surface area contributed by atoms with Crippen molar-refractivity contribution in [2.24, 2.45) is 0 Å². The summed E-state index contributed by atoms with van der Waals surface area (Å²) < 4.78 is 6.71. The number of urea groups is 1. The number of amides is 2. The van der Waals surface area contributed by atoms with Crippen molar-refractivity contribution in [2.75, 3.05) is 7.11 Å². The van der Waals surface area contributed by atoms with Crippen molar-refractivity contribution in [3.8, 4) is 0 Å². The lowest BCUT2D eigenvalue weighted by atomic mass is 10.00. The van der Waals surface area contributed by atoms with E-state index < -0.39 is 18.0 Å². The van der Waals surface area contributed by atoms with Crippen LogP contribution >= 0.6 is 0 Å². The van der Waals surface area contributed by atoms with E-state index in [1.165, 1.54) is 29.4 Å². The fourth-order valence-electron chi connectivity index (χ4n) is 3.05. The van der Waals surface area contributed by atoms with E-state index >= 15 is 0 Å². The lowest BCUT2D eigenvalue weighted by Crippen LogP contribution is -2.44. The number of hydrogen-bond acceptors (Lipinski definition) is 3. The van der Waals surface area contributed by atoms with Gasteiger partial charge in [0.2, 0.25) is 0 Å². The number of benzene rings is 1. The van der Waals surface area contributed by atoms with Crippen molar-refractivity contribution < 1.29 is 14.3 Å². The average molecular weight is 357 g/mol. The van der Waals surface area contributed by atoms with Gasteiger partial charge in [0.15, 0.2) is 0 Å². The Balaban J connectivity index is 2.01. The van der Waals surface area contributed by atoms with Crippen LogP contribution in [0.5, 0.6) is 0 Å². The highest BCUT2D eigenvalue weighted by Crippen LogP contribution is 2.18. The number of carbonyl (C=O) groups is 2. The molecule has 26 heavy (non-hydrogen) atoms. The molecule has 2 aromatic rings. The Labute approximate surface area is 154 Å². The molecule has 1 aromatic carbocycles. The number of nitrogens with one attached hydrogen (secondary N) is 2. The van der Waals surface area contributed by atoms with Crippen molar-refractivity contribution >= 4 is 12.0 Å². The Morgan fingerprint density at radius 2 is 1.85 bits per heavy atom. The number of aryl methyl sites for hydroxylation is 3. The van der Waals surface area contributed by atoms with Gasteiger partial charge >= 0.3 is 12.0 Å². The molecule has 0 radical (unpaired) electrons. The number of nitrogens with zero attached hydrogens (tertiary/aromatic N) is 1. The second-order valence-electron chi connectivity index (χ2n) is 6.58. The van der Waals surface area contributed by atoms with Gasteiger partial charge in [-0.05, 0) is 56.5 Å². The highest BCUT2D eigenvalue weighted by molar-refractivity contribution is 5.83. The topological polar surface area (TPSA) is 72.4 Å². The minimum atomic E-state index is -0.690. The van der Waals surface area contributed by atoms with Gasteiger partial charge in [-0.3, -0.25) is 0 Å². The van der Waals surface area contributed by atoms with Crippen LogP contribution in [0.3, 0.4) is 0 Å². The lowest BCUT2D eigenvalue weighted by molar-refractivity contribution is -0.142. The maximum absolute atomic E-state index is 11.9. The van der Waals surface area contributed by atoms with Crippen LogP contribution in [0.25, 0.3) is 0 Å². The quantitative estimate of drug-likeness (QED) is 0.781. The number of esters is 1. The van der Waals surface area contributed by atoms with Gasteiger partial charge in [0.25, 0.3) is 0 Å². The van der Waals surface area contributed by atoms with Crippen LogP contribution in [0.4, 0.5) is 4.79 Å². The normalized spacial score (nSPS) is 11.7. The van der Waals surface area contributed by atoms with Crippen LogP contribution in [-0.4, -0.2) is 29.7 Å². The average Bonchev–Trinajstić information content (AvgIpc) is 3.02. The van der Waals surface area contributed by atoms with Crippen LogP contribution in [0.2, 0.25) is 0 Å². The second-order valence-corrected chi connectivity index (χ2v) is 6.58. The van der Waals surface area contributed by atoms with Gasteiger partial charge in [-0.15, -0.1) is 0 Å².